The fourth-order valence-electron chi connectivity index (χ4n) is 3.84. The number of esters is 1. The minimum Gasteiger partial charge on any atom is -0.496 e. The molecule has 1 atom stereocenters. The first-order valence-electron chi connectivity index (χ1n) is 10.1. The lowest BCUT2D eigenvalue weighted by molar-refractivity contribution is -0.148. The van der Waals surface area contributed by atoms with Crippen LogP contribution < -0.4 is 4.74 Å². The van der Waals surface area contributed by atoms with Gasteiger partial charge in [-0.15, -0.1) is 0 Å². The van der Waals surface area contributed by atoms with Crippen LogP contribution >= 0.6 is 27.5 Å². The van der Waals surface area contributed by atoms with Crippen molar-refractivity contribution in [3.8, 4) is 5.75 Å². The summed E-state index contributed by atoms with van der Waals surface area (Å²) in [5, 5.41) is 0.654. The Morgan fingerprint density at radius 2 is 2.00 bits per heavy atom. The van der Waals surface area contributed by atoms with E-state index in [4.69, 9.17) is 21.1 Å². The average molecular weight is 493 g/mol. The van der Waals surface area contributed by atoms with Gasteiger partial charge in [0.15, 0.2) is 0 Å². The van der Waals surface area contributed by atoms with Crippen molar-refractivity contribution >= 4 is 45.7 Å². The van der Waals surface area contributed by atoms with Crippen molar-refractivity contribution in [2.75, 3.05) is 20.8 Å². The highest BCUT2D eigenvalue weighted by Crippen LogP contribution is 2.32. The van der Waals surface area contributed by atoms with E-state index < -0.39 is 0 Å². The summed E-state index contributed by atoms with van der Waals surface area (Å²) in [4.78, 5) is 14.3. The first-order chi connectivity index (χ1) is 14.4. The van der Waals surface area contributed by atoms with E-state index in [9.17, 15) is 4.79 Å². The van der Waals surface area contributed by atoms with Gasteiger partial charge >= 0.3 is 5.97 Å². The van der Waals surface area contributed by atoms with Crippen molar-refractivity contribution in [3.63, 3.8) is 0 Å². The van der Waals surface area contributed by atoms with E-state index in [1.54, 1.807) is 7.11 Å². The molecule has 1 unspecified atom stereocenters. The molecule has 1 aliphatic heterocycles. The fraction of sp³-hybridized carbons (Fsp3) is 0.375. The maximum atomic E-state index is 12.2. The Balaban J connectivity index is 1.86. The lowest BCUT2D eigenvalue weighted by Gasteiger charge is -2.34. The molecule has 0 aromatic heterocycles. The number of piperidine rings is 1. The van der Waals surface area contributed by atoms with Gasteiger partial charge in [0.05, 0.1) is 14.2 Å². The molecule has 3 rings (SSSR count). The maximum absolute atomic E-state index is 12.2. The van der Waals surface area contributed by atoms with Gasteiger partial charge in [-0.25, -0.2) is 0 Å². The normalized spacial score (nSPS) is 17.3. The number of halogens is 2. The first kappa shape index (κ1) is 22.9. The van der Waals surface area contributed by atoms with Gasteiger partial charge < -0.3 is 9.47 Å². The highest BCUT2D eigenvalue weighted by atomic mass is 79.9. The third-order valence-electron chi connectivity index (χ3n) is 5.61. The number of rotatable bonds is 6. The molecule has 0 amide bonds. The van der Waals surface area contributed by atoms with Crippen LogP contribution in [0.5, 0.6) is 5.75 Å². The molecule has 2 aromatic carbocycles. The van der Waals surface area contributed by atoms with E-state index in [1.165, 1.54) is 12.7 Å². The van der Waals surface area contributed by atoms with Crippen molar-refractivity contribution in [2.45, 2.75) is 38.8 Å². The molecule has 1 heterocycles. The second-order valence-corrected chi connectivity index (χ2v) is 8.74. The molecule has 0 spiro atoms. The molecule has 0 bridgehead atoms. The van der Waals surface area contributed by atoms with E-state index in [2.05, 4.69) is 39.9 Å². The minimum absolute atomic E-state index is 0.177. The van der Waals surface area contributed by atoms with Gasteiger partial charge in [0.1, 0.15) is 11.8 Å². The Hall–Kier alpha value is -1.82. The number of hydrogen-bond acceptors (Lipinski definition) is 4. The molecule has 0 saturated carbocycles. The highest BCUT2D eigenvalue weighted by Gasteiger charge is 2.30. The Bertz CT molecular complexity index is 944. The third-order valence-corrected chi connectivity index (χ3v) is 6.80. The molecule has 30 heavy (non-hydrogen) atoms. The summed E-state index contributed by atoms with van der Waals surface area (Å²) < 4.78 is 11.7. The predicted octanol–water partition coefficient (Wildman–Crippen LogP) is 6.12. The van der Waals surface area contributed by atoms with Gasteiger partial charge in [-0.05, 0) is 61.2 Å². The molecule has 1 fully saturated rings. The van der Waals surface area contributed by atoms with Crippen molar-refractivity contribution in [3.05, 3.63) is 62.1 Å². The van der Waals surface area contributed by atoms with Crippen LogP contribution in [-0.2, 0) is 16.1 Å². The zero-order valence-electron chi connectivity index (χ0n) is 17.6. The maximum Gasteiger partial charge on any atom is 0.323 e. The largest absolute Gasteiger partial charge is 0.496 e. The quantitative estimate of drug-likeness (QED) is 0.360. The van der Waals surface area contributed by atoms with Crippen LogP contribution in [-0.4, -0.2) is 37.7 Å². The summed E-state index contributed by atoms with van der Waals surface area (Å²) in [6.45, 7) is 3.52. The Labute approximate surface area is 191 Å². The van der Waals surface area contributed by atoms with Gasteiger partial charge in [-0.1, -0.05) is 58.2 Å². The van der Waals surface area contributed by atoms with Crippen LogP contribution in [0.2, 0.25) is 5.02 Å². The predicted molar refractivity (Wildman–Crippen MR) is 126 cm³/mol. The molecule has 0 aliphatic carbocycles. The van der Waals surface area contributed by atoms with Crippen LogP contribution in [0.3, 0.4) is 0 Å². The lowest BCUT2D eigenvalue weighted by Crippen LogP contribution is -2.44. The molecule has 160 valence electrons. The minimum atomic E-state index is -0.216. The van der Waals surface area contributed by atoms with Crippen LogP contribution in [0.4, 0.5) is 0 Å². The number of methoxy groups -OCH3 is 2. The lowest BCUT2D eigenvalue weighted by atomic mass is 10.0. The second-order valence-electron chi connectivity index (χ2n) is 7.48. The van der Waals surface area contributed by atoms with E-state index in [0.717, 1.165) is 52.7 Å². The SMILES string of the molecule is COC(=O)C1CCCCN1Cc1cc(Cl)c(C=Cc2cccc(Br)c2C)cc1OC. The van der Waals surface area contributed by atoms with Crippen molar-refractivity contribution in [1.29, 1.82) is 0 Å². The monoisotopic (exact) mass is 491 g/mol. The van der Waals surface area contributed by atoms with Crippen LogP contribution in [0, 0.1) is 6.92 Å². The molecule has 2 aromatic rings. The molecule has 0 radical (unpaired) electrons. The molecule has 4 nitrogen and oxygen atoms in total. The molecular weight excluding hydrogens is 466 g/mol. The first-order valence-corrected chi connectivity index (χ1v) is 11.2. The molecular formula is C24H27BrClNO3. The zero-order chi connectivity index (χ0) is 21.7. The van der Waals surface area contributed by atoms with Gasteiger partial charge in [0.25, 0.3) is 0 Å². The number of ether oxygens (including phenoxy) is 2. The Kier molecular flexibility index (Phi) is 7.98. The van der Waals surface area contributed by atoms with Crippen LogP contribution in [0.15, 0.2) is 34.8 Å². The van der Waals surface area contributed by atoms with E-state index in [1.807, 2.05) is 30.3 Å². The van der Waals surface area contributed by atoms with Crippen molar-refractivity contribution < 1.29 is 14.3 Å². The van der Waals surface area contributed by atoms with Gasteiger partial charge in [-0.2, -0.15) is 0 Å². The number of likely N-dealkylation sites (tertiary alicyclic amines) is 1. The summed E-state index contributed by atoms with van der Waals surface area (Å²) in [5.74, 6) is 0.586. The van der Waals surface area contributed by atoms with Crippen molar-refractivity contribution in [2.24, 2.45) is 0 Å². The Morgan fingerprint density at radius 3 is 2.73 bits per heavy atom. The van der Waals surface area contributed by atoms with E-state index in [-0.39, 0.29) is 12.0 Å². The summed E-state index contributed by atoms with van der Waals surface area (Å²) >= 11 is 10.2. The van der Waals surface area contributed by atoms with Gasteiger partial charge in [0, 0.05) is 21.6 Å². The fourth-order valence-corrected chi connectivity index (χ4v) is 4.47. The van der Waals surface area contributed by atoms with E-state index >= 15 is 0 Å². The summed E-state index contributed by atoms with van der Waals surface area (Å²) in [6, 6.07) is 9.79. The number of carbonyl (C=O) groups excluding carboxylic acids is 1. The Morgan fingerprint density at radius 1 is 1.23 bits per heavy atom. The number of carbonyl (C=O) groups is 1. The third kappa shape index (κ3) is 5.26. The molecule has 0 N–H and O–H groups in total. The molecule has 1 aliphatic rings. The smallest absolute Gasteiger partial charge is 0.323 e. The summed E-state index contributed by atoms with van der Waals surface area (Å²) in [6.07, 6.45) is 6.97. The standard InChI is InChI=1S/C24H27BrClNO3/c1-16-17(7-6-8-20(16)25)10-11-18-14-23(29-2)19(13-21(18)26)15-27-12-5-4-9-22(27)24(28)30-3/h6-8,10-11,13-14,22H,4-5,9,12,15H2,1-3H3. The summed E-state index contributed by atoms with van der Waals surface area (Å²) in [7, 11) is 3.10. The second kappa shape index (κ2) is 10.5. The number of hydrogen-bond donors (Lipinski definition) is 0. The number of benzene rings is 2. The molecule has 1 saturated heterocycles. The molecule has 6 heteroatoms. The van der Waals surface area contributed by atoms with Gasteiger partial charge in [-0.3, -0.25) is 9.69 Å². The summed E-state index contributed by atoms with van der Waals surface area (Å²) in [5.41, 5.74) is 4.15. The number of nitrogens with zero attached hydrogens (tertiary/aromatic N) is 1. The van der Waals surface area contributed by atoms with E-state index in [0.29, 0.717) is 11.6 Å². The van der Waals surface area contributed by atoms with Crippen molar-refractivity contribution in [1.82, 2.24) is 4.90 Å². The van der Waals surface area contributed by atoms with Gasteiger partial charge in [0.2, 0.25) is 0 Å². The zero-order valence-corrected chi connectivity index (χ0v) is 19.9. The van der Waals surface area contributed by atoms with Crippen LogP contribution in [0.25, 0.3) is 12.2 Å². The van der Waals surface area contributed by atoms with Crippen LogP contribution in [0.1, 0.15) is 41.5 Å². The highest BCUT2D eigenvalue weighted by molar-refractivity contribution is 9.10. The average Bonchev–Trinajstić information content (AvgIpc) is 2.75. The topological polar surface area (TPSA) is 38.8 Å².